The van der Waals surface area contributed by atoms with Crippen molar-refractivity contribution in [3.05, 3.63) is 0 Å². The molecule has 0 aromatic carbocycles. The van der Waals surface area contributed by atoms with Crippen molar-refractivity contribution in [2.75, 3.05) is 36.3 Å². The quantitative estimate of drug-likeness (QED) is 0.644. The third kappa shape index (κ3) is 5.70. The van der Waals surface area contributed by atoms with Crippen LogP contribution in [0.3, 0.4) is 0 Å². The van der Waals surface area contributed by atoms with Gasteiger partial charge in [-0.05, 0) is 49.7 Å². The van der Waals surface area contributed by atoms with E-state index in [1.54, 1.807) is 6.26 Å². The Morgan fingerprint density at radius 2 is 1.88 bits per heavy atom. The number of aliphatic hydroxyl groups is 1. The van der Waals surface area contributed by atoms with E-state index in [1.165, 1.54) is 24.3 Å². The summed E-state index contributed by atoms with van der Waals surface area (Å²) >= 11 is 3.53. The molecule has 17 heavy (non-hydrogen) atoms. The third-order valence-electron chi connectivity index (χ3n) is 3.38. The van der Waals surface area contributed by atoms with Gasteiger partial charge in [0, 0.05) is 40.4 Å². The minimum atomic E-state index is -0.471. The van der Waals surface area contributed by atoms with Gasteiger partial charge in [-0.15, -0.1) is 0 Å². The van der Waals surface area contributed by atoms with Crippen LogP contribution < -0.4 is 0 Å². The van der Waals surface area contributed by atoms with Crippen molar-refractivity contribution in [1.82, 2.24) is 0 Å². The molecule has 2 nitrogen and oxygen atoms in total. The van der Waals surface area contributed by atoms with E-state index < -0.39 is 10.0 Å². The Labute approximate surface area is 128 Å². The second-order valence-corrected chi connectivity index (χ2v) is 8.86. The maximum atomic E-state index is 10.1. The summed E-state index contributed by atoms with van der Waals surface area (Å²) in [5, 5.41) is 10.1. The normalized spacial score (nSPS) is 25.1. The van der Waals surface area contributed by atoms with Crippen LogP contribution >= 0.6 is 22.7 Å². The molecule has 0 bridgehead atoms. The van der Waals surface area contributed by atoms with Crippen LogP contribution in [0.25, 0.3) is 0 Å². The van der Waals surface area contributed by atoms with Crippen LogP contribution in [0.1, 0.15) is 25.7 Å². The van der Waals surface area contributed by atoms with Crippen molar-refractivity contribution in [3.8, 4) is 0 Å². The molecule has 0 spiro atoms. The zero-order valence-corrected chi connectivity index (χ0v) is 15.9. The molecule has 0 unspecified atom stereocenters. The number of aliphatic imine (C=N–C) groups is 1. The van der Waals surface area contributed by atoms with E-state index in [0.29, 0.717) is 0 Å². The number of nitrogens with zero attached hydrogens (tertiary/aromatic N) is 1. The smallest absolute Gasteiger partial charge is 0.0991 e. The summed E-state index contributed by atoms with van der Waals surface area (Å²) in [6.07, 6.45) is 8.83. The molecule has 0 aromatic rings. The summed E-state index contributed by atoms with van der Waals surface area (Å²) in [5.41, 5.74) is 1.09. The fraction of sp³-hybridized carbons (Fsp3) is 0.917. The molecule has 2 aliphatic heterocycles. The molecular formula is C12H25NOS2Ta. The van der Waals surface area contributed by atoms with Crippen molar-refractivity contribution >= 4 is 28.4 Å². The Hall–Kier alpha value is 1.07. The van der Waals surface area contributed by atoms with Crippen LogP contribution in [0.15, 0.2) is 4.99 Å². The van der Waals surface area contributed by atoms with Crippen LogP contribution in [0.5, 0.6) is 0 Å². The maximum Gasteiger partial charge on any atom is 0.0991 e. The average Bonchev–Trinajstić information content (AvgIpc) is 2.91. The van der Waals surface area contributed by atoms with Crippen molar-refractivity contribution in [2.45, 2.75) is 31.8 Å². The molecule has 0 aromatic heterocycles. The van der Waals surface area contributed by atoms with Gasteiger partial charge in [0.25, 0.3) is 0 Å². The van der Waals surface area contributed by atoms with Crippen LogP contribution in [-0.4, -0.2) is 53.2 Å². The zero-order chi connectivity index (χ0) is 12.0. The summed E-state index contributed by atoms with van der Waals surface area (Å²) < 4.78 is 0. The fourth-order valence-electron chi connectivity index (χ4n) is 2.48. The Kier molecular flexibility index (Phi) is 9.62. The molecule has 5 heteroatoms. The first-order valence-corrected chi connectivity index (χ1v) is 9.51. The predicted molar refractivity (Wildman–Crippen MR) is 79.8 cm³/mol. The summed E-state index contributed by atoms with van der Waals surface area (Å²) in [6, 6.07) is 0. The summed E-state index contributed by atoms with van der Waals surface area (Å²) in [7, 11) is -0.471. The number of aliphatic hydroxyl groups excluding tert-OH is 1. The molecule has 0 aliphatic carbocycles. The zero-order valence-electron chi connectivity index (χ0n) is 10.9. The number of hydrogen-bond donors (Lipinski definition) is 2. The van der Waals surface area contributed by atoms with Gasteiger partial charge in [0.1, 0.15) is 0 Å². The first-order chi connectivity index (χ1) is 7.70. The van der Waals surface area contributed by atoms with E-state index in [2.05, 4.69) is 23.9 Å². The van der Waals surface area contributed by atoms with Gasteiger partial charge < -0.3 is 5.11 Å². The molecule has 1 atom stereocenters. The molecule has 1 fully saturated rings. The SMILES string of the molecule is CS.CS1(C[C@@H](O)C2=NCCC2)CCCC1.[Ta]. The second kappa shape index (κ2) is 9.05. The van der Waals surface area contributed by atoms with Crippen molar-refractivity contribution in [1.29, 1.82) is 0 Å². The van der Waals surface area contributed by atoms with E-state index in [-0.39, 0.29) is 28.5 Å². The number of hydrogen-bond acceptors (Lipinski definition) is 3. The summed E-state index contributed by atoms with van der Waals surface area (Å²) in [5.74, 6) is 3.76. The Bertz CT molecular complexity index is 243. The molecule has 101 valence electrons. The van der Waals surface area contributed by atoms with E-state index in [9.17, 15) is 5.11 Å². The Balaban J connectivity index is 0.000000811. The van der Waals surface area contributed by atoms with E-state index in [1.807, 2.05) is 0 Å². The van der Waals surface area contributed by atoms with E-state index >= 15 is 0 Å². The van der Waals surface area contributed by atoms with Gasteiger partial charge in [-0.2, -0.15) is 12.6 Å². The summed E-state index contributed by atoms with van der Waals surface area (Å²) in [4.78, 5) is 4.39. The molecule has 1 radical (unpaired) electrons. The molecule has 2 rings (SSSR count). The number of thiol groups is 1. The van der Waals surface area contributed by atoms with Gasteiger partial charge >= 0.3 is 0 Å². The molecule has 1 N–H and O–H groups in total. The first kappa shape index (κ1) is 18.1. The summed E-state index contributed by atoms with van der Waals surface area (Å²) in [6.45, 7) is 0.943. The minimum absolute atomic E-state index is 0. The molecule has 0 saturated carbocycles. The van der Waals surface area contributed by atoms with Gasteiger partial charge in [-0.25, -0.2) is 10.0 Å². The fourth-order valence-corrected chi connectivity index (χ4v) is 5.78. The maximum absolute atomic E-state index is 10.1. The number of rotatable bonds is 3. The Morgan fingerprint density at radius 3 is 2.35 bits per heavy atom. The minimum Gasteiger partial charge on any atom is -0.386 e. The standard InChI is InChI=1S/C11H21NOS.CH4S.Ta/c1-14(7-2-3-8-14)9-11(13)10-5-4-6-12-10;1-2;/h11,13H,2-9H2,1H3;2H,1H3;/t11-;;/m1../s1. The van der Waals surface area contributed by atoms with Gasteiger partial charge in [0.15, 0.2) is 0 Å². The second-order valence-electron chi connectivity index (χ2n) is 4.75. The molecular weight excluding hydrogens is 419 g/mol. The van der Waals surface area contributed by atoms with Gasteiger partial charge in [0.05, 0.1) is 6.10 Å². The first-order valence-electron chi connectivity index (χ1n) is 6.07. The molecule has 0 amide bonds. The van der Waals surface area contributed by atoms with Gasteiger partial charge in [-0.1, -0.05) is 0 Å². The monoisotopic (exact) mass is 444 g/mol. The van der Waals surface area contributed by atoms with Gasteiger partial charge in [-0.3, -0.25) is 4.99 Å². The predicted octanol–water partition coefficient (Wildman–Crippen LogP) is 2.35. The van der Waals surface area contributed by atoms with Crippen LogP contribution in [-0.2, 0) is 22.4 Å². The third-order valence-corrected chi connectivity index (χ3v) is 7.04. The topological polar surface area (TPSA) is 32.6 Å². The molecule has 2 aliphatic rings. The van der Waals surface area contributed by atoms with Crippen molar-refractivity contribution in [2.24, 2.45) is 4.99 Å². The molecule has 1 saturated heterocycles. The van der Waals surface area contributed by atoms with E-state index in [0.717, 1.165) is 30.9 Å². The van der Waals surface area contributed by atoms with Crippen molar-refractivity contribution < 1.29 is 27.5 Å². The van der Waals surface area contributed by atoms with Gasteiger partial charge in [0.2, 0.25) is 0 Å². The van der Waals surface area contributed by atoms with E-state index in [4.69, 9.17) is 0 Å². The van der Waals surface area contributed by atoms with Crippen LogP contribution in [0.4, 0.5) is 0 Å². The molecule has 2 heterocycles. The average molecular weight is 444 g/mol. The largest absolute Gasteiger partial charge is 0.386 e. The Morgan fingerprint density at radius 1 is 1.29 bits per heavy atom. The van der Waals surface area contributed by atoms with Crippen LogP contribution in [0, 0.1) is 0 Å². The van der Waals surface area contributed by atoms with Crippen molar-refractivity contribution in [3.63, 3.8) is 0 Å². The van der Waals surface area contributed by atoms with Crippen LogP contribution in [0.2, 0.25) is 0 Å².